The Balaban J connectivity index is 2.07. The van der Waals surface area contributed by atoms with Gasteiger partial charge < -0.3 is 10.2 Å². The predicted molar refractivity (Wildman–Crippen MR) is 64.3 cm³/mol. The molecule has 1 fully saturated rings. The second-order valence-electron chi connectivity index (χ2n) is 4.65. The highest BCUT2D eigenvalue weighted by molar-refractivity contribution is 5.80. The highest BCUT2D eigenvalue weighted by atomic mass is 19.4. The molecule has 1 saturated heterocycles. The fourth-order valence-corrected chi connectivity index (χ4v) is 1.95. The lowest BCUT2D eigenvalue weighted by atomic mass is 10.0. The van der Waals surface area contributed by atoms with Crippen molar-refractivity contribution in [3.63, 3.8) is 0 Å². The summed E-state index contributed by atoms with van der Waals surface area (Å²) in [5.74, 6) is -0.758. The fourth-order valence-electron chi connectivity index (χ4n) is 1.95. The van der Waals surface area contributed by atoms with Crippen LogP contribution in [0.15, 0.2) is 30.3 Å². The SMILES string of the molecule is O=C(C1CNC1)N(Cc1ccccc1)CC(F)(F)F. The van der Waals surface area contributed by atoms with E-state index in [0.29, 0.717) is 18.7 Å². The van der Waals surface area contributed by atoms with Crippen LogP contribution in [0.25, 0.3) is 0 Å². The largest absolute Gasteiger partial charge is 0.406 e. The van der Waals surface area contributed by atoms with Crippen molar-refractivity contribution in [1.82, 2.24) is 10.2 Å². The van der Waals surface area contributed by atoms with E-state index in [1.165, 1.54) is 0 Å². The Morgan fingerprint density at radius 1 is 1.26 bits per heavy atom. The second kappa shape index (κ2) is 5.61. The number of halogens is 3. The third-order valence-electron chi connectivity index (χ3n) is 3.03. The van der Waals surface area contributed by atoms with E-state index in [4.69, 9.17) is 0 Å². The zero-order chi connectivity index (χ0) is 13.9. The maximum atomic E-state index is 12.5. The number of alkyl halides is 3. The smallest absolute Gasteiger partial charge is 0.329 e. The number of amides is 1. The molecule has 2 rings (SSSR count). The molecule has 1 aliphatic rings. The molecule has 0 atom stereocenters. The Morgan fingerprint density at radius 2 is 1.89 bits per heavy atom. The van der Waals surface area contributed by atoms with Crippen LogP contribution in [-0.2, 0) is 11.3 Å². The first-order valence-electron chi connectivity index (χ1n) is 6.06. The van der Waals surface area contributed by atoms with Gasteiger partial charge in [-0.15, -0.1) is 0 Å². The van der Waals surface area contributed by atoms with Crippen molar-refractivity contribution in [2.75, 3.05) is 19.6 Å². The van der Waals surface area contributed by atoms with Gasteiger partial charge in [-0.2, -0.15) is 13.2 Å². The van der Waals surface area contributed by atoms with Crippen LogP contribution in [0.5, 0.6) is 0 Å². The minimum atomic E-state index is -4.37. The zero-order valence-electron chi connectivity index (χ0n) is 10.3. The number of nitrogens with zero attached hydrogens (tertiary/aromatic N) is 1. The van der Waals surface area contributed by atoms with Gasteiger partial charge in [-0.25, -0.2) is 0 Å². The Morgan fingerprint density at radius 3 is 2.37 bits per heavy atom. The van der Waals surface area contributed by atoms with Gasteiger partial charge in [0.25, 0.3) is 0 Å². The monoisotopic (exact) mass is 272 g/mol. The number of rotatable bonds is 4. The van der Waals surface area contributed by atoms with Crippen LogP contribution >= 0.6 is 0 Å². The standard InChI is InChI=1S/C13H15F3N2O/c14-13(15,16)9-18(12(19)11-6-17-7-11)8-10-4-2-1-3-5-10/h1-5,11,17H,6-9H2. The van der Waals surface area contributed by atoms with Crippen molar-refractivity contribution in [3.05, 3.63) is 35.9 Å². The molecule has 19 heavy (non-hydrogen) atoms. The number of nitrogens with one attached hydrogen (secondary N) is 1. The third-order valence-corrected chi connectivity index (χ3v) is 3.03. The first-order valence-corrected chi connectivity index (χ1v) is 6.06. The molecule has 0 unspecified atom stereocenters. The normalized spacial score (nSPS) is 15.9. The van der Waals surface area contributed by atoms with Crippen LogP contribution in [0.3, 0.4) is 0 Å². The van der Waals surface area contributed by atoms with Crippen molar-refractivity contribution >= 4 is 5.91 Å². The van der Waals surface area contributed by atoms with Gasteiger partial charge in [0.05, 0.1) is 5.92 Å². The Hall–Kier alpha value is -1.56. The summed E-state index contributed by atoms with van der Waals surface area (Å²) in [7, 11) is 0. The van der Waals surface area contributed by atoms with Crippen LogP contribution < -0.4 is 5.32 Å². The number of benzene rings is 1. The van der Waals surface area contributed by atoms with E-state index < -0.39 is 18.6 Å². The van der Waals surface area contributed by atoms with Gasteiger partial charge in [0.15, 0.2) is 0 Å². The van der Waals surface area contributed by atoms with Gasteiger partial charge in [0.2, 0.25) is 5.91 Å². The molecular formula is C13H15F3N2O. The first-order chi connectivity index (χ1) is 8.96. The summed E-state index contributed by atoms with van der Waals surface area (Å²) >= 11 is 0. The summed E-state index contributed by atoms with van der Waals surface area (Å²) in [6.45, 7) is -0.281. The summed E-state index contributed by atoms with van der Waals surface area (Å²) in [5.41, 5.74) is 0.701. The van der Waals surface area contributed by atoms with E-state index in [2.05, 4.69) is 5.32 Å². The highest BCUT2D eigenvalue weighted by Crippen LogP contribution is 2.20. The summed E-state index contributed by atoms with van der Waals surface area (Å²) in [6.07, 6.45) is -4.37. The molecule has 0 spiro atoms. The minimum absolute atomic E-state index is 0.00428. The van der Waals surface area contributed by atoms with Crippen LogP contribution in [-0.4, -0.2) is 36.6 Å². The van der Waals surface area contributed by atoms with E-state index >= 15 is 0 Å². The lowest BCUT2D eigenvalue weighted by Gasteiger charge is -2.33. The zero-order valence-corrected chi connectivity index (χ0v) is 10.3. The lowest BCUT2D eigenvalue weighted by Crippen LogP contribution is -2.53. The molecular weight excluding hydrogens is 257 g/mol. The Kier molecular flexibility index (Phi) is 4.09. The van der Waals surface area contributed by atoms with Gasteiger partial charge in [-0.1, -0.05) is 30.3 Å². The van der Waals surface area contributed by atoms with Crippen molar-refractivity contribution in [2.45, 2.75) is 12.7 Å². The van der Waals surface area contributed by atoms with Gasteiger partial charge in [-0.05, 0) is 5.56 Å². The predicted octanol–water partition coefficient (Wildman–Crippen LogP) is 1.80. The van der Waals surface area contributed by atoms with E-state index in [0.717, 1.165) is 4.90 Å². The van der Waals surface area contributed by atoms with Crippen molar-refractivity contribution in [1.29, 1.82) is 0 Å². The summed E-state index contributed by atoms with van der Waals surface area (Å²) in [6, 6.07) is 8.72. The Bertz CT molecular complexity index is 429. The van der Waals surface area contributed by atoms with Gasteiger partial charge in [0.1, 0.15) is 6.54 Å². The molecule has 1 aromatic rings. The molecule has 0 aliphatic carbocycles. The fraction of sp³-hybridized carbons (Fsp3) is 0.462. The van der Waals surface area contributed by atoms with E-state index in [9.17, 15) is 18.0 Å². The van der Waals surface area contributed by atoms with Crippen LogP contribution in [0.4, 0.5) is 13.2 Å². The molecule has 0 radical (unpaired) electrons. The quantitative estimate of drug-likeness (QED) is 0.906. The van der Waals surface area contributed by atoms with E-state index in [1.54, 1.807) is 30.3 Å². The van der Waals surface area contributed by atoms with Crippen LogP contribution in [0, 0.1) is 5.92 Å². The van der Waals surface area contributed by atoms with Crippen molar-refractivity contribution in [3.8, 4) is 0 Å². The lowest BCUT2D eigenvalue weighted by molar-refractivity contribution is -0.166. The highest BCUT2D eigenvalue weighted by Gasteiger charge is 2.36. The molecule has 1 heterocycles. The molecule has 1 aromatic carbocycles. The molecule has 0 saturated carbocycles. The summed E-state index contributed by atoms with van der Waals surface area (Å²) < 4.78 is 37.6. The second-order valence-corrected chi connectivity index (χ2v) is 4.65. The molecule has 1 N–H and O–H groups in total. The molecule has 0 aromatic heterocycles. The van der Waals surface area contributed by atoms with E-state index in [-0.39, 0.29) is 12.5 Å². The maximum absolute atomic E-state index is 12.5. The number of carbonyl (C=O) groups excluding carboxylic acids is 1. The first kappa shape index (κ1) is 13.9. The number of carbonyl (C=O) groups is 1. The van der Waals surface area contributed by atoms with Crippen molar-refractivity contribution in [2.24, 2.45) is 5.92 Å². The summed E-state index contributed by atoms with van der Waals surface area (Å²) in [4.78, 5) is 12.9. The van der Waals surface area contributed by atoms with Gasteiger partial charge in [0, 0.05) is 19.6 Å². The third kappa shape index (κ3) is 3.96. The van der Waals surface area contributed by atoms with Crippen LogP contribution in [0.2, 0.25) is 0 Å². The topological polar surface area (TPSA) is 32.3 Å². The maximum Gasteiger partial charge on any atom is 0.406 e. The van der Waals surface area contributed by atoms with Crippen LogP contribution in [0.1, 0.15) is 5.56 Å². The molecule has 0 bridgehead atoms. The van der Waals surface area contributed by atoms with Crippen molar-refractivity contribution < 1.29 is 18.0 Å². The minimum Gasteiger partial charge on any atom is -0.329 e. The summed E-state index contributed by atoms with van der Waals surface area (Å²) in [5, 5.41) is 2.89. The molecule has 6 heteroatoms. The molecule has 3 nitrogen and oxygen atoms in total. The Labute approximate surface area is 109 Å². The average Bonchev–Trinajstić information content (AvgIpc) is 2.25. The molecule has 1 aliphatic heterocycles. The number of hydrogen-bond acceptors (Lipinski definition) is 2. The van der Waals surface area contributed by atoms with E-state index in [1.807, 2.05) is 0 Å². The average molecular weight is 272 g/mol. The van der Waals surface area contributed by atoms with Gasteiger partial charge >= 0.3 is 6.18 Å². The number of hydrogen-bond donors (Lipinski definition) is 1. The van der Waals surface area contributed by atoms with Gasteiger partial charge in [-0.3, -0.25) is 4.79 Å². The molecule has 1 amide bonds. The molecule has 104 valence electrons.